The molecule has 1 aromatic heterocycles. The zero-order valence-electron chi connectivity index (χ0n) is 11.5. The molecular weight excluding hydrogens is 280 g/mol. The Balaban J connectivity index is 2.12. The van der Waals surface area contributed by atoms with Crippen LogP contribution in [0.1, 0.15) is 43.1 Å². The number of aromatic nitrogens is 1. The lowest BCUT2D eigenvalue weighted by atomic mass is 10.3. The summed E-state index contributed by atoms with van der Waals surface area (Å²) in [5.74, 6) is -0.463. The van der Waals surface area contributed by atoms with Crippen LogP contribution in [0.2, 0.25) is 0 Å². The molecule has 112 valence electrons. The Morgan fingerprint density at radius 1 is 1.50 bits per heavy atom. The summed E-state index contributed by atoms with van der Waals surface area (Å²) in [7, 11) is -3.62. The van der Waals surface area contributed by atoms with Crippen LogP contribution < -0.4 is 4.72 Å². The molecule has 0 unspecified atom stereocenters. The van der Waals surface area contributed by atoms with Gasteiger partial charge in [-0.3, -0.25) is 0 Å². The van der Waals surface area contributed by atoms with E-state index in [1.807, 2.05) is 6.92 Å². The molecule has 0 spiro atoms. The largest absolute Gasteiger partial charge is 0.477 e. The number of carbonyl (C=O) groups is 1. The van der Waals surface area contributed by atoms with Crippen molar-refractivity contribution in [3.05, 3.63) is 18.0 Å². The van der Waals surface area contributed by atoms with E-state index in [2.05, 4.69) is 4.72 Å². The maximum atomic E-state index is 12.1. The molecule has 20 heavy (non-hydrogen) atoms. The highest BCUT2D eigenvalue weighted by molar-refractivity contribution is 7.89. The van der Waals surface area contributed by atoms with Gasteiger partial charge in [0.2, 0.25) is 10.0 Å². The molecule has 0 bridgehead atoms. The first-order chi connectivity index (χ1) is 9.44. The van der Waals surface area contributed by atoms with Crippen LogP contribution >= 0.6 is 0 Å². The summed E-state index contributed by atoms with van der Waals surface area (Å²) in [6, 6.07) is 1.22. The molecule has 1 saturated carbocycles. The van der Waals surface area contributed by atoms with E-state index in [0.717, 1.165) is 12.8 Å². The van der Waals surface area contributed by atoms with E-state index < -0.39 is 16.0 Å². The number of hydrogen-bond acceptors (Lipinski definition) is 3. The first-order valence-corrected chi connectivity index (χ1v) is 8.35. The third-order valence-corrected chi connectivity index (χ3v) is 4.84. The Morgan fingerprint density at radius 2 is 2.20 bits per heavy atom. The number of sulfonamides is 1. The van der Waals surface area contributed by atoms with Crippen molar-refractivity contribution in [1.82, 2.24) is 9.29 Å². The summed E-state index contributed by atoms with van der Waals surface area (Å²) in [4.78, 5) is 11.1. The van der Waals surface area contributed by atoms with Gasteiger partial charge < -0.3 is 9.67 Å². The van der Waals surface area contributed by atoms with Gasteiger partial charge in [-0.1, -0.05) is 19.8 Å². The van der Waals surface area contributed by atoms with Crippen LogP contribution in [-0.2, 0) is 16.6 Å². The van der Waals surface area contributed by atoms with Crippen LogP contribution in [0.5, 0.6) is 0 Å². The van der Waals surface area contributed by atoms with Crippen molar-refractivity contribution in [2.24, 2.45) is 5.92 Å². The quantitative estimate of drug-likeness (QED) is 0.764. The van der Waals surface area contributed by atoms with Crippen molar-refractivity contribution < 1.29 is 18.3 Å². The molecular formula is C13H20N2O4S. The highest BCUT2D eigenvalue weighted by Crippen LogP contribution is 2.31. The van der Waals surface area contributed by atoms with Crippen molar-refractivity contribution in [1.29, 1.82) is 0 Å². The highest BCUT2D eigenvalue weighted by Gasteiger charge is 2.24. The van der Waals surface area contributed by atoms with Crippen LogP contribution in [-0.4, -0.2) is 30.6 Å². The number of rotatable bonds is 8. The van der Waals surface area contributed by atoms with E-state index in [4.69, 9.17) is 5.11 Å². The molecule has 2 rings (SSSR count). The average Bonchev–Trinajstić information content (AvgIpc) is 3.07. The third-order valence-electron chi connectivity index (χ3n) is 3.41. The number of aromatic carboxylic acids is 1. The SMILES string of the molecule is CCCn1cc(S(=O)(=O)NCCC2CC2)cc1C(=O)O. The van der Waals surface area contributed by atoms with Gasteiger partial charge in [0.05, 0.1) is 0 Å². The standard InChI is InChI=1S/C13H20N2O4S/c1-2-7-15-9-11(8-12(15)13(16)17)20(18,19)14-6-5-10-3-4-10/h8-10,14H,2-7H2,1H3,(H,16,17). The van der Waals surface area contributed by atoms with Gasteiger partial charge >= 0.3 is 5.97 Å². The van der Waals surface area contributed by atoms with Gasteiger partial charge in [0.1, 0.15) is 10.6 Å². The molecule has 6 nitrogen and oxygen atoms in total. The first-order valence-electron chi connectivity index (χ1n) is 6.87. The molecule has 0 aliphatic heterocycles. The van der Waals surface area contributed by atoms with Gasteiger partial charge in [0.15, 0.2) is 0 Å². The summed E-state index contributed by atoms with van der Waals surface area (Å²) in [6.07, 6.45) is 5.34. The Kier molecular flexibility index (Phi) is 4.49. The molecule has 0 radical (unpaired) electrons. The fourth-order valence-corrected chi connectivity index (χ4v) is 3.21. The predicted molar refractivity (Wildman–Crippen MR) is 74.2 cm³/mol. The van der Waals surface area contributed by atoms with Crippen molar-refractivity contribution in [2.75, 3.05) is 6.54 Å². The Morgan fingerprint density at radius 3 is 2.75 bits per heavy atom. The van der Waals surface area contributed by atoms with Crippen LogP contribution in [0.4, 0.5) is 0 Å². The molecule has 0 saturated heterocycles. The molecule has 1 heterocycles. The van der Waals surface area contributed by atoms with Crippen molar-refractivity contribution in [2.45, 2.75) is 44.0 Å². The summed E-state index contributed by atoms with van der Waals surface area (Å²) < 4.78 is 28.2. The van der Waals surface area contributed by atoms with Gasteiger partial charge in [-0.25, -0.2) is 17.9 Å². The van der Waals surface area contributed by atoms with E-state index in [1.165, 1.54) is 29.7 Å². The van der Waals surface area contributed by atoms with E-state index in [0.29, 0.717) is 19.0 Å². The number of carboxylic acids is 1. The summed E-state index contributed by atoms with van der Waals surface area (Å²) >= 11 is 0. The zero-order valence-corrected chi connectivity index (χ0v) is 12.3. The minimum absolute atomic E-state index is 0.00872. The average molecular weight is 300 g/mol. The topological polar surface area (TPSA) is 88.4 Å². The number of aryl methyl sites for hydroxylation is 1. The second kappa shape index (κ2) is 5.97. The van der Waals surface area contributed by atoms with Crippen LogP contribution in [0.3, 0.4) is 0 Å². The Hall–Kier alpha value is -1.34. The monoisotopic (exact) mass is 300 g/mol. The minimum Gasteiger partial charge on any atom is -0.477 e. The zero-order chi connectivity index (χ0) is 14.8. The van der Waals surface area contributed by atoms with Crippen LogP contribution in [0.15, 0.2) is 17.2 Å². The summed E-state index contributed by atoms with van der Waals surface area (Å²) in [6.45, 7) is 2.81. The second-order valence-corrected chi connectivity index (χ2v) is 6.96. The summed E-state index contributed by atoms with van der Waals surface area (Å²) in [5, 5.41) is 9.09. The smallest absolute Gasteiger partial charge is 0.352 e. The summed E-state index contributed by atoms with van der Waals surface area (Å²) in [5.41, 5.74) is 0.00872. The molecule has 1 fully saturated rings. The first kappa shape index (κ1) is 15.1. The number of carboxylic acid groups (broad SMARTS) is 1. The molecule has 0 aromatic carbocycles. The molecule has 0 amide bonds. The van der Waals surface area contributed by atoms with Gasteiger partial charge in [-0.05, 0) is 24.8 Å². The fourth-order valence-electron chi connectivity index (χ4n) is 2.12. The van der Waals surface area contributed by atoms with Crippen molar-refractivity contribution >= 4 is 16.0 Å². The fraction of sp³-hybridized carbons (Fsp3) is 0.615. The number of hydrogen-bond donors (Lipinski definition) is 2. The normalized spacial score (nSPS) is 15.4. The van der Waals surface area contributed by atoms with E-state index >= 15 is 0 Å². The van der Waals surface area contributed by atoms with Gasteiger partial charge in [-0.15, -0.1) is 0 Å². The Labute approximate surface area is 118 Å². The molecule has 7 heteroatoms. The second-order valence-electron chi connectivity index (χ2n) is 5.19. The molecule has 1 aliphatic rings. The molecule has 1 aromatic rings. The van der Waals surface area contributed by atoms with Gasteiger partial charge in [0.25, 0.3) is 0 Å². The molecule has 2 N–H and O–H groups in total. The van der Waals surface area contributed by atoms with Gasteiger partial charge in [-0.2, -0.15) is 0 Å². The lowest BCUT2D eigenvalue weighted by Gasteiger charge is -2.04. The van der Waals surface area contributed by atoms with E-state index in [-0.39, 0.29) is 10.6 Å². The predicted octanol–water partition coefficient (Wildman–Crippen LogP) is 1.67. The molecule has 0 atom stereocenters. The Bertz CT molecular complexity index is 588. The maximum Gasteiger partial charge on any atom is 0.352 e. The van der Waals surface area contributed by atoms with E-state index in [1.54, 1.807) is 0 Å². The lowest BCUT2D eigenvalue weighted by Crippen LogP contribution is -2.24. The lowest BCUT2D eigenvalue weighted by molar-refractivity contribution is 0.0685. The van der Waals surface area contributed by atoms with Crippen LogP contribution in [0.25, 0.3) is 0 Å². The third kappa shape index (κ3) is 3.61. The van der Waals surface area contributed by atoms with Gasteiger partial charge in [0, 0.05) is 19.3 Å². The van der Waals surface area contributed by atoms with Crippen molar-refractivity contribution in [3.63, 3.8) is 0 Å². The number of nitrogens with one attached hydrogen (secondary N) is 1. The highest BCUT2D eigenvalue weighted by atomic mass is 32.2. The minimum atomic E-state index is -3.62. The van der Waals surface area contributed by atoms with Crippen LogP contribution in [0, 0.1) is 5.92 Å². The van der Waals surface area contributed by atoms with E-state index in [9.17, 15) is 13.2 Å². The number of nitrogens with zero attached hydrogens (tertiary/aromatic N) is 1. The van der Waals surface area contributed by atoms with Crippen molar-refractivity contribution in [3.8, 4) is 0 Å². The maximum absolute atomic E-state index is 12.1. The molecule has 1 aliphatic carbocycles.